The van der Waals surface area contributed by atoms with Gasteiger partial charge in [0.15, 0.2) is 0 Å². The highest BCUT2D eigenvalue weighted by Crippen LogP contribution is 2.43. The molecular weight excluding hydrogens is 369 g/mol. The summed E-state index contributed by atoms with van der Waals surface area (Å²) in [6.07, 6.45) is 2.51. The van der Waals surface area contributed by atoms with Gasteiger partial charge in [-0.25, -0.2) is 9.82 Å². The van der Waals surface area contributed by atoms with E-state index >= 15 is 0 Å². The summed E-state index contributed by atoms with van der Waals surface area (Å²) in [6.45, 7) is 6.48. The quantitative estimate of drug-likeness (QED) is 0.606. The topological polar surface area (TPSA) is 53.9 Å². The van der Waals surface area contributed by atoms with E-state index in [1.807, 2.05) is 31.3 Å². The first-order valence-electron chi connectivity index (χ1n) is 9.73. The van der Waals surface area contributed by atoms with E-state index in [9.17, 15) is 9.18 Å². The first kappa shape index (κ1) is 20.8. The lowest BCUT2D eigenvalue weighted by Gasteiger charge is -2.45. The predicted molar refractivity (Wildman–Crippen MR) is 114 cm³/mol. The number of nitrogens with zero attached hydrogens (tertiary/aromatic N) is 2. The standard InChI is InChI=1S/C23H28FN3O2/c1-15-13-23(2,3)27(4)21-12-20(24)17(11-19(15)21)14-25-26-22(28)10-16-7-6-8-18(9-16)29-5/h6-9,11-12,14-15H,10,13H2,1-5H3,(H,26,28)/b25-14+. The van der Waals surface area contributed by atoms with E-state index in [4.69, 9.17) is 4.74 Å². The number of carbonyl (C=O) groups excluding carboxylic acids is 1. The number of benzene rings is 2. The van der Waals surface area contributed by atoms with Crippen LogP contribution in [-0.2, 0) is 11.2 Å². The maximum Gasteiger partial charge on any atom is 0.244 e. The van der Waals surface area contributed by atoms with Gasteiger partial charge >= 0.3 is 0 Å². The number of hydrazone groups is 1. The van der Waals surface area contributed by atoms with Crippen molar-refractivity contribution in [1.29, 1.82) is 0 Å². The Balaban J connectivity index is 1.71. The van der Waals surface area contributed by atoms with Gasteiger partial charge in [-0.3, -0.25) is 4.79 Å². The van der Waals surface area contributed by atoms with Crippen LogP contribution in [0.1, 0.15) is 49.8 Å². The van der Waals surface area contributed by atoms with E-state index in [0.717, 1.165) is 23.2 Å². The minimum atomic E-state index is -0.355. The number of amides is 1. The van der Waals surface area contributed by atoms with Gasteiger partial charge in [0, 0.05) is 23.8 Å². The van der Waals surface area contributed by atoms with Gasteiger partial charge in [0.2, 0.25) is 5.91 Å². The number of nitrogens with one attached hydrogen (secondary N) is 1. The van der Waals surface area contributed by atoms with Crippen molar-refractivity contribution < 1.29 is 13.9 Å². The molecule has 0 spiro atoms. The van der Waals surface area contributed by atoms with Gasteiger partial charge in [0.1, 0.15) is 11.6 Å². The van der Waals surface area contributed by atoms with Crippen LogP contribution in [0.25, 0.3) is 0 Å². The molecule has 1 heterocycles. The molecule has 0 saturated heterocycles. The first-order valence-corrected chi connectivity index (χ1v) is 9.73. The van der Waals surface area contributed by atoms with Crippen molar-refractivity contribution in [2.24, 2.45) is 5.10 Å². The Kier molecular flexibility index (Phi) is 5.91. The molecule has 1 amide bonds. The summed E-state index contributed by atoms with van der Waals surface area (Å²) in [5.74, 6) is 0.373. The van der Waals surface area contributed by atoms with Crippen molar-refractivity contribution in [2.45, 2.75) is 45.1 Å². The number of hydrogen-bond acceptors (Lipinski definition) is 4. The van der Waals surface area contributed by atoms with Crippen LogP contribution in [0.3, 0.4) is 0 Å². The van der Waals surface area contributed by atoms with Crippen LogP contribution in [0.2, 0.25) is 0 Å². The Morgan fingerprint density at radius 3 is 2.86 bits per heavy atom. The van der Waals surface area contributed by atoms with Crippen LogP contribution in [0.5, 0.6) is 5.75 Å². The third kappa shape index (κ3) is 4.58. The average molecular weight is 397 g/mol. The lowest BCUT2D eigenvalue weighted by molar-refractivity contribution is -0.120. The molecule has 0 bridgehead atoms. The highest BCUT2D eigenvalue weighted by Gasteiger charge is 2.34. The fraction of sp³-hybridized carbons (Fsp3) is 0.391. The van der Waals surface area contributed by atoms with Crippen LogP contribution in [-0.4, -0.2) is 31.8 Å². The molecule has 5 nitrogen and oxygen atoms in total. The average Bonchev–Trinajstić information content (AvgIpc) is 2.67. The molecule has 1 atom stereocenters. The molecule has 0 aliphatic carbocycles. The zero-order valence-corrected chi connectivity index (χ0v) is 17.6. The first-order chi connectivity index (χ1) is 13.7. The summed E-state index contributed by atoms with van der Waals surface area (Å²) < 4.78 is 19.8. The fourth-order valence-electron chi connectivity index (χ4n) is 3.88. The molecule has 1 aliphatic rings. The van der Waals surface area contributed by atoms with Gasteiger partial charge < -0.3 is 9.64 Å². The van der Waals surface area contributed by atoms with Crippen LogP contribution in [0.15, 0.2) is 41.5 Å². The minimum Gasteiger partial charge on any atom is -0.497 e. The summed E-state index contributed by atoms with van der Waals surface area (Å²) >= 11 is 0. The van der Waals surface area contributed by atoms with E-state index in [0.29, 0.717) is 17.2 Å². The number of ether oxygens (including phenoxy) is 1. The SMILES string of the molecule is COc1cccc(CC(=O)N/N=C/c2cc3c(cc2F)N(C)C(C)(C)CC3C)c1. The van der Waals surface area contributed by atoms with Gasteiger partial charge in [-0.1, -0.05) is 19.1 Å². The second-order valence-electron chi connectivity index (χ2n) is 8.23. The lowest BCUT2D eigenvalue weighted by atomic mass is 9.80. The van der Waals surface area contributed by atoms with Crippen molar-refractivity contribution >= 4 is 17.8 Å². The monoisotopic (exact) mass is 397 g/mol. The largest absolute Gasteiger partial charge is 0.497 e. The summed E-state index contributed by atoms with van der Waals surface area (Å²) in [6, 6.07) is 10.7. The molecule has 3 rings (SSSR count). The second-order valence-corrected chi connectivity index (χ2v) is 8.23. The van der Waals surface area contributed by atoms with E-state index in [2.05, 4.69) is 36.2 Å². The van der Waals surface area contributed by atoms with E-state index in [-0.39, 0.29) is 23.7 Å². The second kappa shape index (κ2) is 8.23. The third-order valence-electron chi connectivity index (χ3n) is 5.64. The molecule has 0 saturated carbocycles. The van der Waals surface area contributed by atoms with Gasteiger partial charge in [0.05, 0.1) is 19.7 Å². The third-order valence-corrected chi connectivity index (χ3v) is 5.64. The Hall–Kier alpha value is -2.89. The van der Waals surface area contributed by atoms with Crippen molar-refractivity contribution in [3.8, 4) is 5.75 Å². The molecule has 6 heteroatoms. The molecule has 2 aromatic rings. The highest BCUT2D eigenvalue weighted by atomic mass is 19.1. The zero-order valence-electron chi connectivity index (χ0n) is 17.6. The van der Waals surface area contributed by atoms with Gasteiger partial charge in [-0.2, -0.15) is 5.10 Å². The van der Waals surface area contributed by atoms with E-state index in [1.54, 1.807) is 19.2 Å². The molecule has 0 aromatic heterocycles. The van der Waals surface area contributed by atoms with Crippen molar-refractivity contribution in [2.75, 3.05) is 19.1 Å². The Labute approximate surface area is 171 Å². The van der Waals surface area contributed by atoms with Crippen LogP contribution in [0, 0.1) is 5.82 Å². The summed E-state index contributed by atoms with van der Waals surface area (Å²) in [7, 11) is 3.58. The zero-order chi connectivity index (χ0) is 21.2. The molecule has 29 heavy (non-hydrogen) atoms. The number of halogens is 1. The van der Waals surface area contributed by atoms with Crippen LogP contribution in [0.4, 0.5) is 10.1 Å². The summed E-state index contributed by atoms with van der Waals surface area (Å²) in [4.78, 5) is 14.2. The fourth-order valence-corrected chi connectivity index (χ4v) is 3.88. The number of anilines is 1. The number of fused-ring (bicyclic) bond motifs is 1. The summed E-state index contributed by atoms with van der Waals surface area (Å²) in [5, 5.41) is 3.95. The maximum absolute atomic E-state index is 14.6. The number of methoxy groups -OCH3 is 1. The molecule has 2 aromatic carbocycles. The van der Waals surface area contributed by atoms with Crippen molar-refractivity contribution in [1.82, 2.24) is 5.43 Å². The van der Waals surface area contributed by atoms with Crippen LogP contribution >= 0.6 is 0 Å². The van der Waals surface area contributed by atoms with E-state index < -0.39 is 0 Å². The molecule has 154 valence electrons. The molecule has 0 radical (unpaired) electrons. The molecule has 1 unspecified atom stereocenters. The van der Waals surface area contributed by atoms with Gasteiger partial charge in [0.25, 0.3) is 0 Å². The normalized spacial score (nSPS) is 17.9. The number of rotatable bonds is 5. The minimum absolute atomic E-state index is 0.0252. The van der Waals surface area contributed by atoms with Gasteiger partial charge in [-0.15, -0.1) is 0 Å². The van der Waals surface area contributed by atoms with Crippen LogP contribution < -0.4 is 15.1 Å². The number of hydrogen-bond donors (Lipinski definition) is 1. The van der Waals surface area contributed by atoms with E-state index in [1.165, 1.54) is 6.21 Å². The maximum atomic E-state index is 14.6. The predicted octanol–water partition coefficient (Wildman–Crippen LogP) is 4.25. The molecular formula is C23H28FN3O2. The Bertz CT molecular complexity index is 940. The molecule has 1 aliphatic heterocycles. The molecule has 1 N–H and O–H groups in total. The Morgan fingerprint density at radius 1 is 1.38 bits per heavy atom. The smallest absolute Gasteiger partial charge is 0.244 e. The van der Waals surface area contributed by atoms with Crippen molar-refractivity contribution in [3.05, 3.63) is 58.9 Å². The number of carbonyl (C=O) groups is 1. The van der Waals surface area contributed by atoms with Crippen molar-refractivity contribution in [3.63, 3.8) is 0 Å². The highest BCUT2D eigenvalue weighted by molar-refractivity contribution is 5.84. The van der Waals surface area contributed by atoms with Gasteiger partial charge in [-0.05, 0) is 61.6 Å². The lowest BCUT2D eigenvalue weighted by Crippen LogP contribution is -2.45. The Morgan fingerprint density at radius 2 is 2.14 bits per heavy atom. The molecule has 0 fully saturated rings. The summed E-state index contributed by atoms with van der Waals surface area (Å²) in [5.41, 5.74) is 5.63.